The molecule has 1 aromatic heterocycles. The summed E-state index contributed by atoms with van der Waals surface area (Å²) in [6.45, 7) is 1.62. The summed E-state index contributed by atoms with van der Waals surface area (Å²) in [5.74, 6) is -0.586. The fraction of sp³-hybridized carbons (Fsp3) is 0.231. The molecule has 0 bridgehead atoms. The van der Waals surface area contributed by atoms with E-state index in [0.717, 1.165) is 14.6 Å². The van der Waals surface area contributed by atoms with Crippen molar-refractivity contribution in [3.8, 4) is 0 Å². The van der Waals surface area contributed by atoms with Crippen molar-refractivity contribution < 1.29 is 9.59 Å². The summed E-state index contributed by atoms with van der Waals surface area (Å²) in [6.07, 6.45) is 0. The number of nitrogens with one attached hydrogen (secondary N) is 2. The van der Waals surface area contributed by atoms with Gasteiger partial charge in [0.1, 0.15) is 10.9 Å². The van der Waals surface area contributed by atoms with Gasteiger partial charge in [-0.15, -0.1) is 11.3 Å². The van der Waals surface area contributed by atoms with Crippen LogP contribution in [0, 0.1) is 0 Å². The van der Waals surface area contributed by atoms with Gasteiger partial charge in [0.15, 0.2) is 0 Å². The molecule has 0 saturated carbocycles. The molecule has 0 aliphatic heterocycles. The minimum Gasteiger partial charge on any atom is -0.397 e. The molecular formula is C13H14BrN3O2S. The van der Waals surface area contributed by atoms with Gasteiger partial charge in [0.25, 0.3) is 5.91 Å². The van der Waals surface area contributed by atoms with Gasteiger partial charge in [-0.25, -0.2) is 0 Å². The zero-order valence-electron chi connectivity index (χ0n) is 11.0. The van der Waals surface area contributed by atoms with E-state index < -0.39 is 6.04 Å². The van der Waals surface area contributed by atoms with Crippen molar-refractivity contribution in [2.45, 2.75) is 13.0 Å². The summed E-state index contributed by atoms with van der Waals surface area (Å²) in [7, 11) is 1.52. The van der Waals surface area contributed by atoms with Gasteiger partial charge in [-0.3, -0.25) is 9.59 Å². The molecule has 7 heteroatoms. The van der Waals surface area contributed by atoms with Crippen molar-refractivity contribution in [3.63, 3.8) is 0 Å². The predicted molar refractivity (Wildman–Crippen MR) is 84.9 cm³/mol. The van der Waals surface area contributed by atoms with Crippen LogP contribution in [0.3, 0.4) is 0 Å². The van der Waals surface area contributed by atoms with Gasteiger partial charge in [0.2, 0.25) is 5.91 Å². The van der Waals surface area contributed by atoms with E-state index in [4.69, 9.17) is 5.73 Å². The highest BCUT2D eigenvalue weighted by Crippen LogP contribution is 2.35. The number of hydrogen-bond donors (Lipinski definition) is 3. The second-order valence-electron chi connectivity index (χ2n) is 4.29. The van der Waals surface area contributed by atoms with E-state index in [1.54, 1.807) is 6.92 Å². The third-order valence-corrected chi connectivity index (χ3v) is 4.56. The maximum Gasteiger partial charge on any atom is 0.264 e. The molecule has 2 amide bonds. The zero-order valence-corrected chi connectivity index (χ0v) is 13.4. The molecule has 1 unspecified atom stereocenters. The standard InChI is InChI=1S/C13H14BrN3O2S/c1-6(12(18)16-2)17-13(19)11-10(15)8-5-7(14)3-4-9(8)20-11/h3-6H,15H2,1-2H3,(H,16,18)(H,17,19). The van der Waals surface area contributed by atoms with Gasteiger partial charge in [0.05, 0.1) is 5.69 Å². The highest BCUT2D eigenvalue weighted by atomic mass is 79.9. The van der Waals surface area contributed by atoms with Crippen LogP contribution in [0.1, 0.15) is 16.6 Å². The van der Waals surface area contributed by atoms with E-state index in [-0.39, 0.29) is 11.8 Å². The smallest absolute Gasteiger partial charge is 0.264 e. The molecule has 0 spiro atoms. The molecule has 106 valence electrons. The second-order valence-corrected chi connectivity index (χ2v) is 6.26. The van der Waals surface area contributed by atoms with Crippen LogP contribution in [0.2, 0.25) is 0 Å². The Morgan fingerprint density at radius 3 is 2.75 bits per heavy atom. The molecule has 1 aromatic carbocycles. The van der Waals surface area contributed by atoms with E-state index in [9.17, 15) is 9.59 Å². The first-order valence-electron chi connectivity index (χ1n) is 5.94. The number of thiophene rings is 1. The fourth-order valence-corrected chi connectivity index (χ4v) is 3.17. The average molecular weight is 356 g/mol. The van der Waals surface area contributed by atoms with Crippen molar-refractivity contribution in [2.24, 2.45) is 0 Å². The van der Waals surface area contributed by atoms with Crippen LogP contribution in [-0.2, 0) is 4.79 Å². The fourth-order valence-electron chi connectivity index (χ4n) is 1.80. The van der Waals surface area contributed by atoms with E-state index >= 15 is 0 Å². The molecular weight excluding hydrogens is 342 g/mol. The molecule has 0 saturated heterocycles. The monoisotopic (exact) mass is 355 g/mol. The van der Waals surface area contributed by atoms with Gasteiger partial charge in [-0.2, -0.15) is 0 Å². The summed E-state index contributed by atoms with van der Waals surface area (Å²) in [5, 5.41) is 5.95. The third-order valence-electron chi connectivity index (χ3n) is 2.88. The molecule has 4 N–H and O–H groups in total. The highest BCUT2D eigenvalue weighted by molar-refractivity contribution is 9.10. The summed E-state index contributed by atoms with van der Waals surface area (Å²) >= 11 is 4.69. The van der Waals surface area contributed by atoms with Gasteiger partial charge in [0, 0.05) is 21.6 Å². The Hall–Kier alpha value is -1.60. The molecule has 20 heavy (non-hydrogen) atoms. The van der Waals surface area contributed by atoms with E-state index in [1.165, 1.54) is 18.4 Å². The van der Waals surface area contributed by atoms with Crippen molar-refractivity contribution in [1.82, 2.24) is 10.6 Å². The number of anilines is 1. The third kappa shape index (κ3) is 2.78. The number of halogens is 1. The highest BCUT2D eigenvalue weighted by Gasteiger charge is 2.20. The van der Waals surface area contributed by atoms with Gasteiger partial charge in [-0.1, -0.05) is 15.9 Å². The van der Waals surface area contributed by atoms with Gasteiger partial charge < -0.3 is 16.4 Å². The number of hydrogen-bond acceptors (Lipinski definition) is 4. The van der Waals surface area contributed by atoms with Crippen LogP contribution in [0.5, 0.6) is 0 Å². The number of benzene rings is 1. The molecule has 0 aliphatic carbocycles. The normalized spacial score (nSPS) is 12.2. The summed E-state index contributed by atoms with van der Waals surface area (Å²) in [6, 6.07) is 5.07. The minimum atomic E-state index is -0.608. The number of rotatable bonds is 3. The number of nitrogen functional groups attached to an aromatic ring is 1. The Morgan fingerprint density at radius 1 is 1.40 bits per heavy atom. The first kappa shape index (κ1) is 14.8. The predicted octanol–water partition coefficient (Wildman–Crippen LogP) is 2.11. The van der Waals surface area contributed by atoms with Crippen molar-refractivity contribution >= 4 is 54.9 Å². The Labute approximate surface area is 128 Å². The van der Waals surface area contributed by atoms with Crippen molar-refractivity contribution in [2.75, 3.05) is 12.8 Å². The lowest BCUT2D eigenvalue weighted by molar-refractivity contribution is -0.122. The zero-order chi connectivity index (χ0) is 14.9. The van der Waals surface area contributed by atoms with Crippen LogP contribution in [-0.4, -0.2) is 24.9 Å². The van der Waals surface area contributed by atoms with Gasteiger partial charge in [-0.05, 0) is 25.1 Å². The summed E-state index contributed by atoms with van der Waals surface area (Å²) < 4.78 is 1.84. The Morgan fingerprint density at radius 2 is 2.10 bits per heavy atom. The lowest BCUT2D eigenvalue weighted by Crippen LogP contribution is -2.43. The van der Waals surface area contributed by atoms with E-state index in [2.05, 4.69) is 26.6 Å². The van der Waals surface area contributed by atoms with Crippen molar-refractivity contribution in [3.05, 3.63) is 27.5 Å². The number of carbonyl (C=O) groups excluding carboxylic acids is 2. The lowest BCUT2D eigenvalue weighted by Gasteiger charge is -2.11. The molecule has 2 aromatic rings. The Bertz CT molecular complexity index is 684. The molecule has 1 atom stereocenters. The molecule has 0 fully saturated rings. The molecule has 0 radical (unpaired) electrons. The van der Waals surface area contributed by atoms with Gasteiger partial charge >= 0.3 is 0 Å². The SMILES string of the molecule is CNC(=O)C(C)NC(=O)c1sc2ccc(Br)cc2c1N. The minimum absolute atomic E-state index is 0.249. The number of nitrogens with two attached hydrogens (primary N) is 1. The lowest BCUT2D eigenvalue weighted by atomic mass is 10.2. The first-order chi connectivity index (χ1) is 9.43. The first-order valence-corrected chi connectivity index (χ1v) is 7.55. The van der Waals surface area contributed by atoms with E-state index in [1.807, 2.05) is 18.2 Å². The number of fused-ring (bicyclic) bond motifs is 1. The number of carbonyl (C=O) groups is 2. The topological polar surface area (TPSA) is 84.2 Å². The largest absolute Gasteiger partial charge is 0.397 e. The average Bonchev–Trinajstić information content (AvgIpc) is 2.75. The molecule has 1 heterocycles. The quantitative estimate of drug-likeness (QED) is 0.788. The van der Waals surface area contributed by atoms with Crippen LogP contribution < -0.4 is 16.4 Å². The molecule has 2 rings (SSSR count). The van der Waals surface area contributed by atoms with Crippen LogP contribution in [0.15, 0.2) is 22.7 Å². The maximum absolute atomic E-state index is 12.2. The van der Waals surface area contributed by atoms with Crippen molar-refractivity contribution in [1.29, 1.82) is 0 Å². The van der Waals surface area contributed by atoms with Crippen LogP contribution in [0.4, 0.5) is 5.69 Å². The summed E-state index contributed by atoms with van der Waals surface area (Å²) in [4.78, 5) is 24.0. The Balaban J connectivity index is 2.31. The van der Waals surface area contributed by atoms with Crippen LogP contribution >= 0.6 is 27.3 Å². The second kappa shape index (κ2) is 5.80. The number of amides is 2. The molecule has 5 nitrogen and oxygen atoms in total. The van der Waals surface area contributed by atoms with E-state index in [0.29, 0.717) is 10.6 Å². The molecule has 0 aliphatic rings. The summed E-state index contributed by atoms with van der Waals surface area (Å²) in [5.41, 5.74) is 6.46. The number of likely N-dealkylation sites (N-methyl/N-ethyl adjacent to an activating group) is 1. The Kier molecular flexibility index (Phi) is 4.29. The maximum atomic E-state index is 12.2. The van der Waals surface area contributed by atoms with Crippen LogP contribution in [0.25, 0.3) is 10.1 Å².